The standard InChI is InChI=1S/C22H32FN3O5/c1-4-22(5-2,21(28)30-11-10-23)25-19(27)17-8-9-18(26-12-16(13-26)29-3)20(24-17)31-14-15-6-7-15/h8-9,15-16H,4-7,10-14H2,1-3H3,(H,25,27). The van der Waals surface area contributed by atoms with E-state index < -0.39 is 24.1 Å². The number of methoxy groups -OCH3 is 1. The Morgan fingerprint density at radius 3 is 2.55 bits per heavy atom. The number of carbonyl (C=O) groups is 2. The van der Waals surface area contributed by atoms with Crippen LogP contribution < -0.4 is 15.0 Å². The second-order valence-corrected chi connectivity index (χ2v) is 8.11. The number of nitrogens with zero attached hydrogens (tertiary/aromatic N) is 2. The number of rotatable bonds is 12. The molecular formula is C22H32FN3O5. The van der Waals surface area contributed by atoms with Crippen LogP contribution in [0.15, 0.2) is 12.1 Å². The average molecular weight is 438 g/mol. The number of carbonyl (C=O) groups excluding carboxylic acids is 2. The van der Waals surface area contributed by atoms with Crippen molar-refractivity contribution in [3.05, 3.63) is 17.8 Å². The first kappa shape index (κ1) is 23.2. The maximum atomic E-state index is 13.0. The van der Waals surface area contributed by atoms with Crippen molar-refractivity contribution >= 4 is 17.6 Å². The molecule has 2 fully saturated rings. The van der Waals surface area contributed by atoms with Gasteiger partial charge >= 0.3 is 5.97 Å². The summed E-state index contributed by atoms with van der Waals surface area (Å²) in [5.74, 6) is -0.195. The van der Waals surface area contributed by atoms with Gasteiger partial charge in [-0.3, -0.25) is 4.79 Å². The van der Waals surface area contributed by atoms with Crippen molar-refractivity contribution in [1.82, 2.24) is 10.3 Å². The number of alkyl halides is 1. The molecule has 3 rings (SSSR count). The molecule has 1 aliphatic heterocycles. The van der Waals surface area contributed by atoms with Crippen molar-refractivity contribution in [2.45, 2.75) is 51.2 Å². The molecule has 1 amide bonds. The summed E-state index contributed by atoms with van der Waals surface area (Å²) in [6.07, 6.45) is 3.08. The van der Waals surface area contributed by atoms with Gasteiger partial charge in [-0.2, -0.15) is 0 Å². The lowest BCUT2D eigenvalue weighted by atomic mass is 9.92. The molecule has 0 spiro atoms. The summed E-state index contributed by atoms with van der Waals surface area (Å²) in [6, 6.07) is 3.44. The Labute approximate surface area is 182 Å². The number of ether oxygens (including phenoxy) is 3. The van der Waals surface area contributed by atoms with E-state index in [2.05, 4.69) is 15.2 Å². The largest absolute Gasteiger partial charge is 0.476 e. The maximum absolute atomic E-state index is 13.0. The number of esters is 1. The molecule has 1 aliphatic carbocycles. The second-order valence-electron chi connectivity index (χ2n) is 8.11. The second kappa shape index (κ2) is 10.3. The predicted molar refractivity (Wildman–Crippen MR) is 113 cm³/mol. The summed E-state index contributed by atoms with van der Waals surface area (Å²) in [5, 5.41) is 2.76. The summed E-state index contributed by atoms with van der Waals surface area (Å²) in [6.45, 7) is 4.48. The van der Waals surface area contributed by atoms with E-state index in [9.17, 15) is 14.0 Å². The minimum absolute atomic E-state index is 0.155. The van der Waals surface area contributed by atoms with Gasteiger partial charge < -0.3 is 24.4 Å². The van der Waals surface area contributed by atoms with E-state index in [-0.39, 0.29) is 18.4 Å². The van der Waals surface area contributed by atoms with Crippen LogP contribution in [0.2, 0.25) is 0 Å². The molecule has 2 heterocycles. The van der Waals surface area contributed by atoms with Gasteiger partial charge in [0.25, 0.3) is 5.91 Å². The number of anilines is 1. The molecule has 1 N–H and O–H groups in total. The highest BCUT2D eigenvalue weighted by Gasteiger charge is 2.39. The molecule has 172 valence electrons. The first-order valence-corrected chi connectivity index (χ1v) is 10.9. The fraction of sp³-hybridized carbons (Fsp3) is 0.682. The van der Waals surface area contributed by atoms with Crippen molar-refractivity contribution in [3.63, 3.8) is 0 Å². The van der Waals surface area contributed by atoms with Crippen LogP contribution in [0.4, 0.5) is 10.1 Å². The Morgan fingerprint density at radius 2 is 1.97 bits per heavy atom. The third-order valence-electron chi connectivity index (χ3n) is 6.01. The lowest BCUT2D eigenvalue weighted by Crippen LogP contribution is -2.55. The number of nitrogens with one attached hydrogen (secondary N) is 1. The van der Waals surface area contributed by atoms with Crippen molar-refractivity contribution in [3.8, 4) is 5.88 Å². The van der Waals surface area contributed by atoms with E-state index >= 15 is 0 Å². The van der Waals surface area contributed by atoms with Gasteiger partial charge in [0.2, 0.25) is 5.88 Å². The van der Waals surface area contributed by atoms with Crippen LogP contribution in [0.25, 0.3) is 0 Å². The molecule has 0 bridgehead atoms. The quantitative estimate of drug-likeness (QED) is 0.503. The summed E-state index contributed by atoms with van der Waals surface area (Å²) in [7, 11) is 1.69. The number of pyridine rings is 1. The van der Waals surface area contributed by atoms with Crippen LogP contribution >= 0.6 is 0 Å². The lowest BCUT2D eigenvalue weighted by molar-refractivity contribution is -0.152. The topological polar surface area (TPSA) is 90.0 Å². The number of hydrogen-bond acceptors (Lipinski definition) is 7. The Balaban J connectivity index is 1.77. The SMILES string of the molecule is CCC(CC)(NC(=O)c1ccc(N2CC(OC)C2)c(OCC2CC2)n1)C(=O)OCCF. The number of hydrogen-bond donors (Lipinski definition) is 1. The number of halogens is 1. The number of amides is 1. The van der Waals surface area contributed by atoms with Gasteiger partial charge in [-0.05, 0) is 43.7 Å². The molecular weight excluding hydrogens is 405 g/mol. The van der Waals surface area contributed by atoms with E-state index in [4.69, 9.17) is 14.2 Å². The third kappa shape index (κ3) is 5.44. The molecule has 1 aromatic rings. The van der Waals surface area contributed by atoms with Crippen LogP contribution in [0.5, 0.6) is 5.88 Å². The summed E-state index contributed by atoms with van der Waals surface area (Å²) in [4.78, 5) is 32.0. The highest BCUT2D eigenvalue weighted by Crippen LogP contribution is 2.34. The van der Waals surface area contributed by atoms with Gasteiger partial charge in [0.15, 0.2) is 0 Å². The van der Waals surface area contributed by atoms with E-state index in [1.165, 1.54) is 0 Å². The normalized spacial score (nSPS) is 16.6. The molecule has 0 atom stereocenters. The predicted octanol–water partition coefficient (Wildman–Crippen LogP) is 2.51. The van der Waals surface area contributed by atoms with Crippen LogP contribution in [0, 0.1) is 5.92 Å². The zero-order valence-electron chi connectivity index (χ0n) is 18.5. The Kier molecular flexibility index (Phi) is 7.69. The van der Waals surface area contributed by atoms with Crippen LogP contribution in [-0.2, 0) is 14.3 Å². The first-order chi connectivity index (χ1) is 15.0. The molecule has 1 aromatic heterocycles. The van der Waals surface area contributed by atoms with E-state index in [1.807, 2.05) is 6.07 Å². The molecule has 9 heteroatoms. The fourth-order valence-electron chi connectivity index (χ4n) is 3.49. The van der Waals surface area contributed by atoms with Crippen molar-refractivity contribution in [1.29, 1.82) is 0 Å². The molecule has 0 radical (unpaired) electrons. The van der Waals surface area contributed by atoms with Gasteiger partial charge in [-0.25, -0.2) is 14.2 Å². The molecule has 2 aliphatic rings. The van der Waals surface area contributed by atoms with Crippen LogP contribution in [0.3, 0.4) is 0 Å². The van der Waals surface area contributed by atoms with E-state index in [0.717, 1.165) is 31.6 Å². The molecule has 0 aromatic carbocycles. The summed E-state index contributed by atoms with van der Waals surface area (Å²) in [5.41, 5.74) is -0.252. The molecule has 8 nitrogen and oxygen atoms in total. The minimum Gasteiger partial charge on any atom is -0.476 e. The lowest BCUT2D eigenvalue weighted by Gasteiger charge is -2.40. The van der Waals surface area contributed by atoms with E-state index in [1.54, 1.807) is 27.0 Å². The Bertz CT molecular complexity index is 776. The third-order valence-corrected chi connectivity index (χ3v) is 6.01. The summed E-state index contributed by atoms with van der Waals surface area (Å²) >= 11 is 0. The molecule has 1 saturated carbocycles. The van der Waals surface area contributed by atoms with Crippen LogP contribution in [-0.4, -0.2) is 68.6 Å². The molecule has 1 saturated heterocycles. The highest BCUT2D eigenvalue weighted by atomic mass is 19.1. The monoisotopic (exact) mass is 437 g/mol. The zero-order chi connectivity index (χ0) is 22.4. The summed E-state index contributed by atoms with van der Waals surface area (Å²) < 4.78 is 28.7. The molecule has 31 heavy (non-hydrogen) atoms. The van der Waals surface area contributed by atoms with Gasteiger partial charge in [0, 0.05) is 20.2 Å². The van der Waals surface area contributed by atoms with Crippen molar-refractivity contribution < 1.29 is 28.2 Å². The van der Waals surface area contributed by atoms with Crippen molar-refractivity contribution in [2.24, 2.45) is 5.92 Å². The maximum Gasteiger partial charge on any atom is 0.331 e. The van der Waals surface area contributed by atoms with Gasteiger partial charge in [-0.15, -0.1) is 0 Å². The van der Waals surface area contributed by atoms with Gasteiger partial charge in [0.05, 0.1) is 12.7 Å². The average Bonchev–Trinajstić information content (AvgIpc) is 3.58. The number of aromatic nitrogens is 1. The zero-order valence-corrected chi connectivity index (χ0v) is 18.5. The first-order valence-electron chi connectivity index (χ1n) is 10.9. The highest BCUT2D eigenvalue weighted by molar-refractivity contribution is 5.97. The van der Waals surface area contributed by atoms with Gasteiger partial charge in [-0.1, -0.05) is 13.8 Å². The van der Waals surface area contributed by atoms with Crippen molar-refractivity contribution in [2.75, 3.05) is 45.0 Å². The van der Waals surface area contributed by atoms with Crippen LogP contribution in [0.1, 0.15) is 50.0 Å². The van der Waals surface area contributed by atoms with Gasteiger partial charge in [0.1, 0.15) is 30.2 Å². The fourth-order valence-corrected chi connectivity index (χ4v) is 3.49. The smallest absolute Gasteiger partial charge is 0.331 e. The van der Waals surface area contributed by atoms with E-state index in [0.29, 0.717) is 31.2 Å². The Hall–Kier alpha value is -2.42. The molecule has 0 unspecified atom stereocenters. The minimum atomic E-state index is -1.23. The Morgan fingerprint density at radius 1 is 1.26 bits per heavy atom.